The number of azide groups is 1. The van der Waals surface area contributed by atoms with Crippen LogP contribution in [-0.2, 0) is 43.2 Å². The van der Waals surface area contributed by atoms with Gasteiger partial charge in [-0.25, -0.2) is 0 Å². The number of carbonyl (C=O) groups is 9. The summed E-state index contributed by atoms with van der Waals surface area (Å²) in [6.07, 6.45) is 12.6. The van der Waals surface area contributed by atoms with Gasteiger partial charge in [0.15, 0.2) is 0 Å². The molecule has 386 valence electrons. The SMILES string of the molecule is C.C=CC(=O)NCCCCCNC(=O)CBr.C=CC(N)=O.CCC(CC(C)C(=O)NCCCCCNC(=O)CBr)C(N)=O.CCC(CC(C)C(=O)NCCCCCNC(=O)CN=[N+]=[N-])C(N)=O. The zero-order valence-electron chi connectivity index (χ0n) is 39.4. The number of hydrogen-bond donors (Lipinski definition) is 9. The number of alkyl halides is 2. The van der Waals surface area contributed by atoms with Crippen molar-refractivity contribution in [2.24, 2.45) is 46.0 Å². The molecule has 0 rings (SSSR count). The maximum absolute atomic E-state index is 11.9. The van der Waals surface area contributed by atoms with Crippen LogP contribution in [0.25, 0.3) is 10.4 Å². The van der Waals surface area contributed by atoms with Gasteiger partial charge in [-0.05, 0) is 101 Å². The van der Waals surface area contributed by atoms with Gasteiger partial charge in [-0.2, -0.15) is 0 Å². The molecule has 0 aliphatic heterocycles. The third-order valence-electron chi connectivity index (χ3n) is 9.29. The fraction of sp³-hybridized carbons (Fsp3) is 0.705. The van der Waals surface area contributed by atoms with E-state index < -0.39 is 5.91 Å². The van der Waals surface area contributed by atoms with Crippen LogP contribution in [0.4, 0.5) is 0 Å². The highest BCUT2D eigenvalue weighted by Gasteiger charge is 2.22. The van der Waals surface area contributed by atoms with Crippen molar-refractivity contribution in [3.05, 3.63) is 35.8 Å². The largest absolute Gasteiger partial charge is 0.369 e. The normalized spacial score (nSPS) is 11.4. The molecule has 0 aliphatic rings. The third kappa shape index (κ3) is 50.2. The van der Waals surface area contributed by atoms with E-state index in [4.69, 9.17) is 17.0 Å². The lowest BCUT2D eigenvalue weighted by molar-refractivity contribution is -0.128. The number of unbranched alkanes of at least 4 members (excludes halogenated alkanes) is 6. The van der Waals surface area contributed by atoms with E-state index in [1.807, 2.05) is 20.8 Å². The molecular formula is C44H82Br2N12O9. The molecule has 67 heavy (non-hydrogen) atoms. The Morgan fingerprint density at radius 1 is 0.567 bits per heavy atom. The number of hydrogen-bond acceptors (Lipinski definition) is 10. The molecule has 12 N–H and O–H groups in total. The molecule has 0 saturated heterocycles. The first kappa shape index (κ1) is 71.0. The second-order valence-electron chi connectivity index (χ2n) is 14.9. The van der Waals surface area contributed by atoms with Gasteiger partial charge in [0.05, 0.1) is 10.7 Å². The van der Waals surface area contributed by atoms with E-state index in [2.05, 4.69) is 92.7 Å². The van der Waals surface area contributed by atoms with Crippen molar-refractivity contribution in [3.8, 4) is 0 Å². The van der Waals surface area contributed by atoms with Crippen LogP contribution in [0, 0.1) is 23.7 Å². The molecule has 0 aliphatic carbocycles. The van der Waals surface area contributed by atoms with Crippen LogP contribution in [-0.4, -0.2) is 110 Å². The van der Waals surface area contributed by atoms with Crippen molar-refractivity contribution in [1.29, 1.82) is 0 Å². The summed E-state index contributed by atoms with van der Waals surface area (Å²) in [5.41, 5.74) is 23.2. The summed E-state index contributed by atoms with van der Waals surface area (Å²) in [5.74, 6) is -2.69. The lowest BCUT2D eigenvalue weighted by atomic mass is 9.92. The van der Waals surface area contributed by atoms with Gasteiger partial charge >= 0.3 is 0 Å². The molecule has 0 spiro atoms. The van der Waals surface area contributed by atoms with Crippen molar-refractivity contribution >= 4 is 85.0 Å². The maximum Gasteiger partial charge on any atom is 0.243 e. The highest BCUT2D eigenvalue weighted by Crippen LogP contribution is 2.16. The van der Waals surface area contributed by atoms with Gasteiger partial charge in [0.25, 0.3) is 0 Å². The number of halogens is 2. The Morgan fingerprint density at radius 3 is 1.15 bits per heavy atom. The van der Waals surface area contributed by atoms with Crippen LogP contribution in [0.1, 0.15) is 119 Å². The predicted octanol–water partition coefficient (Wildman–Crippen LogP) is 3.82. The maximum atomic E-state index is 11.9. The first-order chi connectivity index (χ1) is 31.3. The average molecular weight is 1080 g/mol. The van der Waals surface area contributed by atoms with Gasteiger partial charge in [0.2, 0.25) is 53.2 Å². The summed E-state index contributed by atoms with van der Waals surface area (Å²) >= 11 is 6.14. The van der Waals surface area contributed by atoms with Gasteiger partial charge in [-0.15, -0.1) is 0 Å². The van der Waals surface area contributed by atoms with Crippen LogP contribution >= 0.6 is 31.9 Å². The Balaban J connectivity index is -0.000000276. The van der Waals surface area contributed by atoms with E-state index in [1.165, 1.54) is 6.08 Å². The smallest absolute Gasteiger partial charge is 0.243 e. The Bertz CT molecular complexity index is 1500. The number of primary amides is 3. The van der Waals surface area contributed by atoms with Gasteiger partial charge < -0.3 is 49.1 Å². The van der Waals surface area contributed by atoms with E-state index in [-0.39, 0.29) is 84.9 Å². The molecule has 0 aromatic carbocycles. The first-order valence-electron chi connectivity index (χ1n) is 22.2. The zero-order valence-corrected chi connectivity index (χ0v) is 42.6. The molecule has 0 saturated carbocycles. The Labute approximate surface area is 415 Å². The third-order valence-corrected chi connectivity index (χ3v) is 10.3. The van der Waals surface area contributed by atoms with Crippen molar-refractivity contribution in [2.75, 3.05) is 56.5 Å². The van der Waals surface area contributed by atoms with Crippen molar-refractivity contribution in [2.45, 2.75) is 119 Å². The molecule has 23 heteroatoms. The molecule has 0 aromatic heterocycles. The Morgan fingerprint density at radius 2 is 0.881 bits per heavy atom. The zero-order chi connectivity index (χ0) is 51.1. The molecule has 0 bridgehead atoms. The van der Waals surface area contributed by atoms with Crippen LogP contribution < -0.4 is 49.1 Å². The topological polar surface area (TPSA) is 353 Å². The quantitative estimate of drug-likeness (QED) is 0.0113. The number of nitrogens with two attached hydrogens (primary N) is 3. The molecule has 4 unspecified atom stereocenters. The number of amides is 9. The Hall–Kier alpha value is -5.02. The standard InChI is InChI=1S/C15H28BrN3O3.C15H28N6O3.C10H17BrN2O2.C3H5NO.CH4/c1-3-12(14(17)21)9-11(2)15(22)19-8-6-4-5-7-18-13(20)10-16;1-3-12(14(16)23)9-11(2)15(24)19-8-6-4-5-7-18-13(22)10-20-21-17;1-2-9(14)12-6-4-3-5-7-13-10(15)8-11;1-2-3(4)5;/h11-12H,3-10H2,1-2H3,(H2,17,21)(H,18,20)(H,19,22);11-12H,3-10H2,1-2H3,(H2,16,23)(H,18,22)(H,19,24);2H,1,3-8H2,(H,12,14)(H,13,15);2H,1H2,(H2,4,5);1H4. The second-order valence-corrected chi connectivity index (χ2v) is 16.0. The molecule has 0 radical (unpaired) electrons. The molecular weight excluding hydrogens is 1000 g/mol. The van der Waals surface area contributed by atoms with Crippen molar-refractivity contribution < 1.29 is 43.2 Å². The van der Waals surface area contributed by atoms with E-state index in [1.54, 1.807) is 6.92 Å². The van der Waals surface area contributed by atoms with Crippen LogP contribution in [0.2, 0.25) is 0 Å². The minimum absolute atomic E-state index is 0. The van der Waals surface area contributed by atoms with E-state index in [0.29, 0.717) is 75.6 Å². The Kier molecular flexibility index (Phi) is 53.4. The molecule has 21 nitrogen and oxygen atoms in total. The van der Waals surface area contributed by atoms with Crippen LogP contribution in [0.3, 0.4) is 0 Å². The van der Waals surface area contributed by atoms with E-state index in [9.17, 15) is 43.2 Å². The van der Waals surface area contributed by atoms with Crippen molar-refractivity contribution in [3.63, 3.8) is 0 Å². The molecule has 4 atom stereocenters. The van der Waals surface area contributed by atoms with Gasteiger partial charge in [0.1, 0.15) is 6.54 Å². The fourth-order valence-corrected chi connectivity index (χ4v) is 5.70. The lowest BCUT2D eigenvalue weighted by Gasteiger charge is -2.16. The number of nitrogens with zero attached hydrogens (tertiary/aromatic N) is 3. The minimum atomic E-state index is -0.481. The number of nitrogens with one attached hydrogen (secondary N) is 6. The monoisotopic (exact) mass is 1080 g/mol. The summed E-state index contributed by atoms with van der Waals surface area (Å²) in [4.78, 5) is 102. The fourth-order valence-electron chi connectivity index (χ4n) is 5.30. The van der Waals surface area contributed by atoms with E-state index in [0.717, 1.165) is 63.9 Å². The number of rotatable bonds is 34. The highest BCUT2D eigenvalue weighted by molar-refractivity contribution is 9.09. The first-order valence-corrected chi connectivity index (χ1v) is 24.4. The average Bonchev–Trinajstić information content (AvgIpc) is 3.30. The predicted molar refractivity (Wildman–Crippen MR) is 271 cm³/mol. The molecule has 0 heterocycles. The summed E-state index contributed by atoms with van der Waals surface area (Å²) in [7, 11) is 0. The van der Waals surface area contributed by atoms with E-state index >= 15 is 0 Å². The lowest BCUT2D eigenvalue weighted by Crippen LogP contribution is -2.33. The highest BCUT2D eigenvalue weighted by atomic mass is 79.9. The minimum Gasteiger partial charge on any atom is -0.369 e. The van der Waals surface area contributed by atoms with Crippen LogP contribution in [0.5, 0.6) is 0 Å². The van der Waals surface area contributed by atoms with Crippen molar-refractivity contribution in [1.82, 2.24) is 31.9 Å². The molecule has 0 aromatic rings. The van der Waals surface area contributed by atoms with Gasteiger partial charge in [-0.3, -0.25) is 43.2 Å². The van der Waals surface area contributed by atoms with Crippen LogP contribution in [0.15, 0.2) is 30.4 Å². The summed E-state index contributed by atoms with van der Waals surface area (Å²) in [6, 6.07) is 0. The van der Waals surface area contributed by atoms with Gasteiger partial charge in [0, 0.05) is 67.9 Å². The van der Waals surface area contributed by atoms with Gasteiger partial charge in [-0.1, -0.05) is 85.3 Å². The number of carbonyl (C=O) groups excluding carboxylic acids is 9. The summed E-state index contributed by atoms with van der Waals surface area (Å²) in [5, 5.41) is 20.4. The molecule has 9 amide bonds. The second kappa shape index (κ2) is 50.4. The molecule has 0 fully saturated rings. The summed E-state index contributed by atoms with van der Waals surface area (Å²) in [6.45, 7) is 17.3. The summed E-state index contributed by atoms with van der Waals surface area (Å²) < 4.78 is 0.